The number of nitrogens with zero attached hydrogens (tertiary/aromatic N) is 1. The minimum absolute atomic E-state index is 0.00849. The molecule has 0 radical (unpaired) electrons. The Morgan fingerprint density at radius 3 is 1.97 bits per heavy atom. The fourth-order valence-electron chi connectivity index (χ4n) is 3.60. The molecule has 0 saturated carbocycles. The molecule has 0 atom stereocenters. The van der Waals surface area contributed by atoms with Gasteiger partial charge in [0.1, 0.15) is 0 Å². The number of benzene rings is 2. The van der Waals surface area contributed by atoms with Crippen LogP contribution < -0.4 is 16.0 Å². The molecule has 32 heavy (non-hydrogen) atoms. The van der Waals surface area contributed by atoms with E-state index in [0.717, 1.165) is 43.7 Å². The zero-order chi connectivity index (χ0) is 22.9. The first-order chi connectivity index (χ1) is 15.4. The van der Waals surface area contributed by atoms with Crippen molar-refractivity contribution in [2.45, 2.75) is 39.5 Å². The van der Waals surface area contributed by atoms with Gasteiger partial charge in [-0.25, -0.2) is 0 Å². The van der Waals surface area contributed by atoms with Gasteiger partial charge in [0.2, 0.25) is 11.8 Å². The molecule has 1 aliphatic rings. The second-order valence-corrected chi connectivity index (χ2v) is 8.33. The Hall–Kier alpha value is -3.35. The number of rotatable bonds is 8. The van der Waals surface area contributed by atoms with Crippen LogP contribution in [-0.4, -0.2) is 42.3 Å². The third-order valence-corrected chi connectivity index (χ3v) is 5.59. The summed E-state index contributed by atoms with van der Waals surface area (Å²) < 4.78 is 0. The highest BCUT2D eigenvalue weighted by atomic mass is 16.2. The van der Waals surface area contributed by atoms with Crippen LogP contribution in [0.15, 0.2) is 48.5 Å². The Labute approximate surface area is 189 Å². The summed E-state index contributed by atoms with van der Waals surface area (Å²) in [6.45, 7) is 5.89. The molecule has 1 saturated heterocycles. The maximum Gasteiger partial charge on any atom is 0.253 e. The van der Waals surface area contributed by atoms with Crippen LogP contribution in [0.3, 0.4) is 0 Å². The molecule has 3 N–H and O–H groups in total. The average Bonchev–Trinajstić information content (AvgIpc) is 2.79. The van der Waals surface area contributed by atoms with E-state index in [1.165, 1.54) is 0 Å². The van der Waals surface area contributed by atoms with Crippen molar-refractivity contribution in [3.05, 3.63) is 54.1 Å². The Kier molecular flexibility index (Phi) is 8.25. The summed E-state index contributed by atoms with van der Waals surface area (Å²) in [4.78, 5) is 38.4. The third kappa shape index (κ3) is 6.83. The van der Waals surface area contributed by atoms with Gasteiger partial charge < -0.3 is 20.9 Å². The number of carbonyl (C=O) groups is 3. The van der Waals surface area contributed by atoms with Crippen LogP contribution in [0.5, 0.6) is 0 Å². The molecule has 2 aromatic carbocycles. The number of likely N-dealkylation sites (tertiary alicyclic amines) is 1. The Morgan fingerprint density at radius 2 is 1.38 bits per heavy atom. The van der Waals surface area contributed by atoms with E-state index in [4.69, 9.17) is 0 Å². The first-order valence-corrected chi connectivity index (χ1v) is 11.3. The summed E-state index contributed by atoms with van der Waals surface area (Å²) in [6, 6.07) is 14.3. The van der Waals surface area contributed by atoms with Crippen molar-refractivity contribution in [1.29, 1.82) is 0 Å². The number of piperidine rings is 1. The molecule has 0 spiro atoms. The lowest BCUT2D eigenvalue weighted by Gasteiger charge is -2.30. The summed E-state index contributed by atoms with van der Waals surface area (Å²) in [5, 5.41) is 8.72. The molecule has 0 bridgehead atoms. The highest BCUT2D eigenvalue weighted by Gasteiger charge is 2.21. The van der Waals surface area contributed by atoms with E-state index < -0.39 is 0 Å². The zero-order valence-corrected chi connectivity index (χ0v) is 18.8. The lowest BCUT2D eigenvalue weighted by Crippen LogP contribution is -2.37. The van der Waals surface area contributed by atoms with E-state index in [1.807, 2.05) is 24.0 Å². The number of carbonyl (C=O) groups excluding carboxylic acids is 3. The predicted molar refractivity (Wildman–Crippen MR) is 128 cm³/mol. The standard InChI is InChI=1S/C25H32N4O3/c1-3-4-23(30)27-22-11-9-20(10-12-22)26-17-24(31)28-21-7-5-19(6-8-21)25(32)29-15-13-18(2)14-16-29/h5-12,18,26H,3-4,13-17H2,1-2H3,(H,27,30)(H,28,31). The molecule has 3 rings (SSSR count). The van der Waals surface area contributed by atoms with Crippen molar-refractivity contribution in [1.82, 2.24) is 4.90 Å². The number of nitrogens with one attached hydrogen (secondary N) is 3. The molecule has 0 aromatic heterocycles. The maximum absolute atomic E-state index is 12.6. The summed E-state index contributed by atoms with van der Waals surface area (Å²) in [6.07, 6.45) is 3.39. The summed E-state index contributed by atoms with van der Waals surface area (Å²) in [5.74, 6) is 0.529. The Morgan fingerprint density at radius 1 is 0.844 bits per heavy atom. The average molecular weight is 437 g/mol. The van der Waals surface area contributed by atoms with Crippen LogP contribution in [0.1, 0.15) is 49.9 Å². The second kappa shape index (κ2) is 11.3. The van der Waals surface area contributed by atoms with E-state index in [2.05, 4.69) is 22.9 Å². The smallest absolute Gasteiger partial charge is 0.253 e. The lowest BCUT2D eigenvalue weighted by atomic mass is 9.98. The van der Waals surface area contributed by atoms with Crippen LogP contribution in [0, 0.1) is 5.92 Å². The quantitative estimate of drug-likeness (QED) is 0.574. The van der Waals surface area contributed by atoms with Crippen molar-refractivity contribution < 1.29 is 14.4 Å². The molecule has 0 aliphatic carbocycles. The third-order valence-electron chi connectivity index (χ3n) is 5.59. The Bertz CT molecular complexity index is 917. The fraction of sp³-hybridized carbons (Fsp3) is 0.400. The van der Waals surface area contributed by atoms with E-state index in [0.29, 0.717) is 23.6 Å². The van der Waals surface area contributed by atoms with E-state index >= 15 is 0 Å². The van der Waals surface area contributed by atoms with Crippen LogP contribution in [0.2, 0.25) is 0 Å². The summed E-state index contributed by atoms with van der Waals surface area (Å²) >= 11 is 0. The number of hydrogen-bond donors (Lipinski definition) is 3. The van der Waals surface area contributed by atoms with Crippen molar-refractivity contribution in [2.75, 3.05) is 35.6 Å². The molecular formula is C25H32N4O3. The van der Waals surface area contributed by atoms with Crippen molar-refractivity contribution in [3.8, 4) is 0 Å². The van der Waals surface area contributed by atoms with Gasteiger partial charge in [-0.1, -0.05) is 13.8 Å². The summed E-state index contributed by atoms with van der Waals surface area (Å²) in [7, 11) is 0. The lowest BCUT2D eigenvalue weighted by molar-refractivity contribution is -0.116. The number of amides is 3. The van der Waals surface area contributed by atoms with Gasteiger partial charge in [0.15, 0.2) is 0 Å². The van der Waals surface area contributed by atoms with Crippen molar-refractivity contribution in [3.63, 3.8) is 0 Å². The molecule has 7 nitrogen and oxygen atoms in total. The molecule has 0 unspecified atom stereocenters. The van der Waals surface area contributed by atoms with Gasteiger partial charge in [-0.15, -0.1) is 0 Å². The maximum atomic E-state index is 12.6. The minimum Gasteiger partial charge on any atom is -0.376 e. The highest BCUT2D eigenvalue weighted by molar-refractivity contribution is 5.97. The van der Waals surface area contributed by atoms with Crippen molar-refractivity contribution >= 4 is 34.8 Å². The van der Waals surface area contributed by atoms with E-state index in [1.54, 1.807) is 36.4 Å². The van der Waals surface area contributed by atoms with Gasteiger partial charge in [0.05, 0.1) is 6.54 Å². The molecular weight excluding hydrogens is 404 g/mol. The normalized spacial score (nSPS) is 14.0. The molecule has 7 heteroatoms. The van der Waals surface area contributed by atoms with Gasteiger partial charge in [0, 0.05) is 42.1 Å². The van der Waals surface area contributed by atoms with Crippen LogP contribution in [0.4, 0.5) is 17.1 Å². The topological polar surface area (TPSA) is 90.5 Å². The van der Waals surface area contributed by atoms with E-state index in [-0.39, 0.29) is 24.3 Å². The number of anilines is 3. The molecule has 3 amide bonds. The largest absolute Gasteiger partial charge is 0.376 e. The van der Waals surface area contributed by atoms with Crippen LogP contribution in [0.25, 0.3) is 0 Å². The molecule has 170 valence electrons. The monoisotopic (exact) mass is 436 g/mol. The van der Waals surface area contributed by atoms with Gasteiger partial charge in [-0.05, 0) is 73.7 Å². The van der Waals surface area contributed by atoms with E-state index in [9.17, 15) is 14.4 Å². The predicted octanol–water partition coefficient (Wildman–Crippen LogP) is 4.35. The Balaban J connectivity index is 1.45. The minimum atomic E-state index is -0.186. The first kappa shape index (κ1) is 23.3. The van der Waals surface area contributed by atoms with Crippen LogP contribution >= 0.6 is 0 Å². The molecule has 2 aromatic rings. The molecule has 1 heterocycles. The van der Waals surface area contributed by atoms with Gasteiger partial charge in [0.25, 0.3) is 5.91 Å². The molecule has 1 aliphatic heterocycles. The highest BCUT2D eigenvalue weighted by Crippen LogP contribution is 2.19. The van der Waals surface area contributed by atoms with Gasteiger partial charge in [-0.2, -0.15) is 0 Å². The van der Waals surface area contributed by atoms with Crippen molar-refractivity contribution in [2.24, 2.45) is 5.92 Å². The second-order valence-electron chi connectivity index (χ2n) is 8.33. The zero-order valence-electron chi connectivity index (χ0n) is 18.8. The molecule has 1 fully saturated rings. The van der Waals surface area contributed by atoms with Gasteiger partial charge >= 0.3 is 0 Å². The number of hydrogen-bond acceptors (Lipinski definition) is 4. The van der Waals surface area contributed by atoms with Gasteiger partial charge in [-0.3, -0.25) is 14.4 Å². The summed E-state index contributed by atoms with van der Waals surface area (Å²) in [5.41, 5.74) is 2.80. The fourth-order valence-corrected chi connectivity index (χ4v) is 3.60. The van der Waals surface area contributed by atoms with Crippen LogP contribution in [-0.2, 0) is 9.59 Å². The first-order valence-electron chi connectivity index (χ1n) is 11.3. The SMILES string of the molecule is CCCC(=O)Nc1ccc(NCC(=O)Nc2ccc(C(=O)N3CCC(C)CC3)cc2)cc1.